The van der Waals surface area contributed by atoms with Gasteiger partial charge >= 0.3 is 51.4 Å². The van der Waals surface area contributed by atoms with Crippen LogP contribution < -0.4 is 0 Å². The first kappa shape index (κ1) is 9.86. The van der Waals surface area contributed by atoms with Crippen molar-refractivity contribution in [3.05, 3.63) is 0 Å². The maximum atomic E-state index is 8.67. The van der Waals surface area contributed by atoms with Crippen LogP contribution in [0.1, 0.15) is 0 Å². The first-order valence-corrected chi connectivity index (χ1v) is 1.60. The summed E-state index contributed by atoms with van der Waals surface area (Å²) in [6.45, 7) is 0. The van der Waals surface area contributed by atoms with Crippen LogP contribution in [0.3, 0.4) is 0 Å². The molecule has 0 saturated heterocycles. The summed E-state index contributed by atoms with van der Waals surface area (Å²) < 4.78 is 22.8. The van der Waals surface area contributed by atoms with Crippen LogP contribution in [0, 0.1) is 0 Å². The second kappa shape index (κ2) is 5.71. The molecular weight excluding hydrogens is 119 g/mol. The van der Waals surface area contributed by atoms with Crippen LogP contribution in [-0.2, 0) is 11.4 Å². The van der Waals surface area contributed by atoms with Crippen molar-refractivity contribution in [2.24, 2.45) is 0 Å². The van der Waals surface area contributed by atoms with E-state index in [0.717, 1.165) is 0 Å². The number of hydrogen-bond donors (Lipinski definition) is 2. The van der Waals surface area contributed by atoms with Gasteiger partial charge in [-0.05, 0) is 0 Å². The van der Waals surface area contributed by atoms with E-state index in [0.29, 0.717) is 0 Å². The van der Waals surface area contributed by atoms with Crippen molar-refractivity contribution >= 4 is 62.7 Å². The molecule has 0 spiro atoms. The molecule has 0 aromatic heterocycles. The molecule has 2 N–H and O–H groups in total. The van der Waals surface area contributed by atoms with E-state index in [1.54, 1.807) is 0 Å². The predicted molar refractivity (Wildman–Crippen MR) is 20.5 cm³/mol. The van der Waals surface area contributed by atoms with Gasteiger partial charge in [0.2, 0.25) is 0 Å². The zero-order valence-corrected chi connectivity index (χ0v) is 2.53. The quantitative estimate of drug-likeness (QED) is 0.321. The second-order valence-corrected chi connectivity index (χ2v) is 0.692. The molecule has 0 amide bonds. The van der Waals surface area contributed by atoms with Crippen LogP contribution in [0.4, 0.5) is 0 Å². The molecule has 0 rings (SSSR count). The topological polar surface area (TPSA) is 57.5 Å². The fourth-order valence-electron chi connectivity index (χ4n) is 0. The third-order valence-electron chi connectivity index (χ3n) is 0. The van der Waals surface area contributed by atoms with Gasteiger partial charge < -0.3 is 0 Å². The normalized spacial score (nSPS) is 7.00. The molecule has 0 aromatic carbocycles. The Morgan fingerprint density at radius 2 is 1.40 bits per heavy atom. The summed E-state index contributed by atoms with van der Waals surface area (Å²) in [6.07, 6.45) is 0. The summed E-state index contributed by atoms with van der Waals surface area (Å²) in [7, 11) is 0. The van der Waals surface area contributed by atoms with Crippen molar-refractivity contribution in [1.82, 2.24) is 0 Å². The molecule has 0 aromatic rings. The molecule has 0 unspecified atom stereocenters. The molecule has 0 bridgehead atoms. The SMILES string of the molecule is O=S(O)O.[KH]. The Bertz CT molecular complexity index is 29.9. The molecular formula is H3KO3S. The molecule has 0 radical (unpaired) electrons. The minimum atomic E-state index is -2.61. The van der Waals surface area contributed by atoms with E-state index < -0.39 is 11.4 Å². The summed E-state index contributed by atoms with van der Waals surface area (Å²) >= 11 is -2.61. The number of hydrogen-bond acceptors (Lipinski definition) is 1. The Labute approximate surface area is 74.7 Å². The van der Waals surface area contributed by atoms with Crippen LogP contribution in [0.5, 0.6) is 0 Å². The van der Waals surface area contributed by atoms with Gasteiger partial charge in [0.25, 0.3) is 11.4 Å². The minimum absolute atomic E-state index is 0. The average molecular weight is 122 g/mol. The van der Waals surface area contributed by atoms with Gasteiger partial charge in [0.05, 0.1) is 0 Å². The van der Waals surface area contributed by atoms with E-state index >= 15 is 0 Å². The van der Waals surface area contributed by atoms with Crippen molar-refractivity contribution in [3.63, 3.8) is 0 Å². The third-order valence-corrected chi connectivity index (χ3v) is 0. The Morgan fingerprint density at radius 3 is 1.40 bits per heavy atom. The standard InChI is InChI=1S/K.H2O3S.H/c;1-4(2)3;/h;(H2,1,2,3);. The average Bonchev–Trinajstić information content (AvgIpc) is 0.811. The summed E-state index contributed by atoms with van der Waals surface area (Å²) in [4.78, 5) is 0. The van der Waals surface area contributed by atoms with Gasteiger partial charge in [-0.15, -0.1) is 0 Å². The zero-order valence-electron chi connectivity index (χ0n) is 1.71. The van der Waals surface area contributed by atoms with Crippen LogP contribution in [0.2, 0.25) is 0 Å². The van der Waals surface area contributed by atoms with E-state index in [4.69, 9.17) is 13.3 Å². The van der Waals surface area contributed by atoms with Gasteiger partial charge in [-0.2, -0.15) is 4.21 Å². The van der Waals surface area contributed by atoms with Crippen LogP contribution in [-0.4, -0.2) is 64.7 Å². The summed E-state index contributed by atoms with van der Waals surface area (Å²) in [6, 6.07) is 0. The second-order valence-electron chi connectivity index (χ2n) is 0.231. The van der Waals surface area contributed by atoms with Crippen molar-refractivity contribution in [2.45, 2.75) is 0 Å². The molecule has 28 valence electrons. The number of rotatable bonds is 0. The van der Waals surface area contributed by atoms with Gasteiger partial charge in [-0.1, -0.05) is 0 Å². The molecule has 0 atom stereocenters. The predicted octanol–water partition coefficient (Wildman–Crippen LogP) is -0.967. The van der Waals surface area contributed by atoms with Gasteiger partial charge in [0.1, 0.15) is 0 Å². The Morgan fingerprint density at radius 1 is 1.40 bits per heavy atom. The molecule has 5 heavy (non-hydrogen) atoms. The summed E-state index contributed by atoms with van der Waals surface area (Å²) in [5, 5.41) is 0. The zero-order chi connectivity index (χ0) is 3.58. The molecule has 0 fully saturated rings. The summed E-state index contributed by atoms with van der Waals surface area (Å²) in [5.41, 5.74) is 0. The van der Waals surface area contributed by atoms with Gasteiger partial charge in [-0.3, -0.25) is 9.11 Å². The first-order valence-electron chi connectivity index (χ1n) is 0.532. The maximum absolute atomic E-state index is 8.67. The monoisotopic (exact) mass is 122 g/mol. The van der Waals surface area contributed by atoms with Crippen molar-refractivity contribution in [3.8, 4) is 0 Å². The van der Waals surface area contributed by atoms with Gasteiger partial charge in [-0.25, -0.2) is 0 Å². The molecule has 0 saturated carbocycles. The van der Waals surface area contributed by atoms with E-state index in [1.165, 1.54) is 0 Å². The Balaban J connectivity index is 0. The van der Waals surface area contributed by atoms with E-state index in [2.05, 4.69) is 0 Å². The van der Waals surface area contributed by atoms with Crippen molar-refractivity contribution < 1.29 is 13.3 Å². The van der Waals surface area contributed by atoms with Crippen LogP contribution >= 0.6 is 0 Å². The van der Waals surface area contributed by atoms with E-state index in [1.807, 2.05) is 0 Å². The molecule has 0 aliphatic rings. The van der Waals surface area contributed by atoms with E-state index in [-0.39, 0.29) is 51.4 Å². The van der Waals surface area contributed by atoms with Crippen molar-refractivity contribution in [2.75, 3.05) is 0 Å². The molecule has 0 heterocycles. The third kappa shape index (κ3) is 26.9. The van der Waals surface area contributed by atoms with Gasteiger partial charge in [0.15, 0.2) is 0 Å². The van der Waals surface area contributed by atoms with Crippen LogP contribution in [0.15, 0.2) is 0 Å². The fourth-order valence-corrected chi connectivity index (χ4v) is 0. The molecule has 5 heteroatoms. The van der Waals surface area contributed by atoms with Crippen LogP contribution in [0.25, 0.3) is 0 Å². The van der Waals surface area contributed by atoms with Crippen molar-refractivity contribution in [1.29, 1.82) is 0 Å². The molecule has 0 aliphatic heterocycles. The first-order chi connectivity index (χ1) is 1.73. The van der Waals surface area contributed by atoms with E-state index in [9.17, 15) is 0 Å². The molecule has 3 nitrogen and oxygen atoms in total. The fraction of sp³-hybridized carbons (Fsp3) is 0. The summed E-state index contributed by atoms with van der Waals surface area (Å²) in [5.74, 6) is 0. The Kier molecular flexibility index (Phi) is 11.3. The van der Waals surface area contributed by atoms with Gasteiger partial charge in [0, 0.05) is 0 Å². The molecule has 0 aliphatic carbocycles. The Hall–Kier alpha value is 1.71.